The topological polar surface area (TPSA) is 105 Å². The molecule has 4 saturated carbocycles. The van der Waals surface area contributed by atoms with Gasteiger partial charge >= 0.3 is 21.3 Å². The number of hydrogen-bond donors (Lipinski definition) is 2. The summed E-state index contributed by atoms with van der Waals surface area (Å²) in [4.78, 5) is 9.39. The Morgan fingerprint density at radius 2 is 1.90 bits per heavy atom. The molecule has 0 radical (unpaired) electrons. The lowest BCUT2D eigenvalue weighted by Gasteiger charge is -2.69. The first-order chi connectivity index (χ1) is 9.46. The zero-order chi connectivity index (χ0) is 15.5. The van der Waals surface area contributed by atoms with Crippen LogP contribution in [0.15, 0.2) is 0 Å². The molecule has 5 unspecified atom stereocenters. The van der Waals surface area contributed by atoms with Crippen molar-refractivity contribution in [3.63, 3.8) is 0 Å². The van der Waals surface area contributed by atoms with Crippen molar-refractivity contribution in [3.05, 3.63) is 0 Å². The summed E-state index contributed by atoms with van der Waals surface area (Å²) < 4.78 is 61.5. The van der Waals surface area contributed by atoms with Crippen molar-refractivity contribution in [1.29, 1.82) is 0 Å². The number of rotatable bonds is 3. The van der Waals surface area contributed by atoms with Crippen molar-refractivity contribution in [2.75, 3.05) is 0 Å². The van der Waals surface area contributed by atoms with Crippen LogP contribution in [0.4, 0.5) is 8.78 Å². The summed E-state index contributed by atoms with van der Waals surface area (Å²) in [5.74, 6) is -1.48. The van der Waals surface area contributed by atoms with Gasteiger partial charge in [-0.05, 0) is 24.7 Å². The van der Waals surface area contributed by atoms with E-state index in [1.807, 2.05) is 0 Å². The molecule has 0 aromatic rings. The molecule has 9 heteroatoms. The average molecular weight is 325 g/mol. The molecule has 0 aromatic heterocycles. The third-order valence-corrected chi connectivity index (χ3v) is 7.03. The van der Waals surface area contributed by atoms with Crippen LogP contribution < -0.4 is 0 Å². The van der Waals surface area contributed by atoms with Crippen LogP contribution >= 0.6 is 0 Å². The Morgan fingerprint density at radius 1 is 1.29 bits per heavy atom. The third kappa shape index (κ3) is 1.30. The molecular weight excluding hydrogens is 310 g/mol. The lowest BCUT2D eigenvalue weighted by Crippen LogP contribution is -2.71. The summed E-state index contributed by atoms with van der Waals surface area (Å²) in [5, 5.41) is 5.68. The number of halogens is 2. The fourth-order valence-electron chi connectivity index (χ4n) is 5.59. The molecule has 1 spiro atoms. The zero-order valence-corrected chi connectivity index (χ0v) is 11.7. The number of fused-ring (bicyclic) bond motifs is 1. The van der Waals surface area contributed by atoms with Crippen LogP contribution in [0.3, 0.4) is 0 Å². The van der Waals surface area contributed by atoms with E-state index in [9.17, 15) is 27.1 Å². The lowest BCUT2D eigenvalue weighted by molar-refractivity contribution is -0.287. The van der Waals surface area contributed by atoms with Crippen molar-refractivity contribution in [2.24, 2.45) is 17.3 Å². The summed E-state index contributed by atoms with van der Waals surface area (Å²) >= 11 is 0. The highest BCUT2D eigenvalue weighted by Crippen LogP contribution is 2.84. The van der Waals surface area contributed by atoms with E-state index in [0.29, 0.717) is 25.2 Å². The maximum absolute atomic E-state index is 13.4. The maximum atomic E-state index is 13.4. The van der Waals surface area contributed by atoms with Crippen LogP contribution in [-0.4, -0.2) is 45.3 Å². The molecular formula is C12H15F2O6S+. The van der Waals surface area contributed by atoms with E-state index < -0.39 is 32.5 Å². The molecule has 4 rings (SSSR count). The lowest BCUT2D eigenvalue weighted by atomic mass is 9.36. The molecule has 2 bridgehead atoms. The number of carbonyl (C=O) groups excluding carboxylic acids is 1. The monoisotopic (exact) mass is 325 g/mol. The number of ether oxygens (including phenoxy) is 1. The van der Waals surface area contributed by atoms with E-state index in [2.05, 4.69) is 0 Å². The molecule has 3 N–H and O–H groups in total. The quantitative estimate of drug-likeness (QED) is 0.451. The SMILES string of the molecule is O=S(=O)(O)C(F)(F)C(=[OH+])OC12CC3CC4CC(O)(C1)C34C2. The van der Waals surface area contributed by atoms with Crippen LogP contribution in [0.5, 0.6) is 0 Å². The van der Waals surface area contributed by atoms with Gasteiger partial charge in [-0.1, -0.05) is 0 Å². The third-order valence-electron chi connectivity index (χ3n) is 6.21. The van der Waals surface area contributed by atoms with Gasteiger partial charge in [0.15, 0.2) is 0 Å². The minimum Gasteiger partial charge on any atom is -0.389 e. The van der Waals surface area contributed by atoms with Crippen molar-refractivity contribution in [1.82, 2.24) is 0 Å². The van der Waals surface area contributed by atoms with E-state index in [0.717, 1.165) is 6.42 Å². The number of esters is 1. The fourth-order valence-corrected chi connectivity index (χ4v) is 5.86. The van der Waals surface area contributed by atoms with E-state index >= 15 is 0 Å². The molecule has 4 aliphatic rings. The minimum absolute atomic E-state index is 0.110. The maximum Gasteiger partial charge on any atom is 0.576 e. The number of aliphatic hydroxyl groups is 1. The van der Waals surface area contributed by atoms with Gasteiger partial charge in [0.25, 0.3) is 0 Å². The van der Waals surface area contributed by atoms with Gasteiger partial charge in [-0.2, -0.15) is 17.2 Å². The second-order valence-electron chi connectivity index (χ2n) is 7.05. The predicted octanol–water partition coefficient (Wildman–Crippen LogP) is 0.680. The van der Waals surface area contributed by atoms with Crippen molar-refractivity contribution >= 4 is 16.1 Å². The minimum atomic E-state index is -5.80. The molecule has 21 heavy (non-hydrogen) atoms. The van der Waals surface area contributed by atoms with Crippen LogP contribution in [0.2, 0.25) is 0 Å². The van der Waals surface area contributed by atoms with E-state index in [1.165, 1.54) is 0 Å². The predicted molar refractivity (Wildman–Crippen MR) is 64.7 cm³/mol. The largest absolute Gasteiger partial charge is 0.576 e. The Bertz CT molecular complexity index is 663. The summed E-state index contributed by atoms with van der Waals surface area (Å²) in [6, 6.07) is 0. The van der Waals surface area contributed by atoms with Gasteiger partial charge in [0.2, 0.25) is 5.60 Å². The summed E-state index contributed by atoms with van der Waals surface area (Å²) in [6.07, 6.45) is 2.38. The second kappa shape index (κ2) is 3.26. The first-order valence-electron chi connectivity index (χ1n) is 6.79. The highest BCUT2D eigenvalue weighted by atomic mass is 32.2. The molecule has 0 aromatic carbocycles. The highest BCUT2D eigenvalue weighted by Gasteiger charge is 2.87. The van der Waals surface area contributed by atoms with Gasteiger partial charge in [-0.25, -0.2) is 0 Å². The molecule has 4 aliphatic carbocycles. The molecule has 0 aliphatic heterocycles. The second-order valence-corrected chi connectivity index (χ2v) is 8.51. The van der Waals surface area contributed by atoms with Crippen LogP contribution in [0.1, 0.15) is 32.1 Å². The van der Waals surface area contributed by atoms with Crippen molar-refractivity contribution < 1.29 is 36.4 Å². The average Bonchev–Trinajstić information content (AvgIpc) is 2.70. The highest BCUT2D eigenvalue weighted by molar-refractivity contribution is 7.87. The standard InChI is InChI=1S/C12H14F2O6S/c13-12(14,21(17,18)19)8(15)20-9-2-6-1-7-3-10(16,4-9)11(6,7)5-9/h6-7,16H,1-5H2,(H,17,18,19)/p+1. The Balaban J connectivity index is 1.61. The van der Waals surface area contributed by atoms with Gasteiger partial charge in [-0.3, -0.25) is 4.55 Å². The van der Waals surface area contributed by atoms with E-state index in [1.54, 1.807) is 0 Å². The molecule has 5 atom stereocenters. The number of alkyl halides is 2. The first-order valence-corrected chi connectivity index (χ1v) is 8.23. The van der Waals surface area contributed by atoms with Gasteiger partial charge < -0.3 is 14.6 Å². The molecule has 0 saturated heterocycles. The fraction of sp³-hybridized carbons (Fsp3) is 0.917. The van der Waals surface area contributed by atoms with E-state index in [-0.39, 0.29) is 17.8 Å². The number of hydrogen-bond acceptors (Lipinski definition) is 4. The molecule has 0 heterocycles. The van der Waals surface area contributed by atoms with Gasteiger partial charge in [0.1, 0.15) is 0 Å². The van der Waals surface area contributed by atoms with Gasteiger partial charge in [0, 0.05) is 24.7 Å². The summed E-state index contributed by atoms with van der Waals surface area (Å²) in [7, 11) is -5.80. The Morgan fingerprint density at radius 3 is 2.38 bits per heavy atom. The Labute approximate surface area is 119 Å². The Kier molecular flexibility index (Phi) is 2.14. The molecule has 118 valence electrons. The molecule has 4 fully saturated rings. The van der Waals surface area contributed by atoms with E-state index in [4.69, 9.17) is 9.29 Å². The van der Waals surface area contributed by atoms with Gasteiger partial charge in [-0.15, -0.1) is 0 Å². The Hall–Kier alpha value is -0.800. The summed E-state index contributed by atoms with van der Waals surface area (Å²) in [6.45, 7) is 0. The molecule has 6 nitrogen and oxygen atoms in total. The van der Waals surface area contributed by atoms with Gasteiger partial charge in [0.05, 0.1) is 5.60 Å². The van der Waals surface area contributed by atoms with Crippen molar-refractivity contribution in [2.45, 2.75) is 48.6 Å². The zero-order valence-electron chi connectivity index (χ0n) is 10.9. The van der Waals surface area contributed by atoms with Crippen LogP contribution in [0.25, 0.3) is 0 Å². The van der Waals surface area contributed by atoms with Crippen LogP contribution in [0, 0.1) is 17.3 Å². The summed E-state index contributed by atoms with van der Waals surface area (Å²) in [5.41, 5.74) is -2.42. The van der Waals surface area contributed by atoms with Crippen LogP contribution in [-0.2, 0) is 14.9 Å². The normalized spacial score (nSPS) is 50.1. The van der Waals surface area contributed by atoms with Crippen molar-refractivity contribution in [3.8, 4) is 0 Å². The first kappa shape index (κ1) is 13.8. The molecule has 0 amide bonds. The smallest absolute Gasteiger partial charge is 0.389 e.